The predicted molar refractivity (Wildman–Crippen MR) is 51.7 cm³/mol. The third kappa shape index (κ3) is 2.20. The molecular formula is C9H12FN3O. The minimum Gasteiger partial charge on any atom is -0.409 e. The molecular weight excluding hydrogens is 185 g/mol. The van der Waals surface area contributed by atoms with Gasteiger partial charge in [0.25, 0.3) is 0 Å². The van der Waals surface area contributed by atoms with Gasteiger partial charge in [-0.05, 0) is 24.7 Å². The van der Waals surface area contributed by atoms with Gasteiger partial charge in [-0.15, -0.1) is 0 Å². The van der Waals surface area contributed by atoms with E-state index in [-0.39, 0.29) is 5.84 Å². The van der Waals surface area contributed by atoms with Gasteiger partial charge in [0.2, 0.25) is 0 Å². The average molecular weight is 197 g/mol. The Balaban J connectivity index is 3.15. The Hall–Kier alpha value is -1.62. The number of hydrogen-bond acceptors (Lipinski definition) is 3. The number of nitrogens with two attached hydrogens (primary N) is 1. The van der Waals surface area contributed by atoms with E-state index in [0.717, 1.165) is 5.56 Å². The third-order valence-corrected chi connectivity index (χ3v) is 1.82. The molecule has 4 N–H and O–H groups in total. The Bertz CT molecular complexity index is 352. The van der Waals surface area contributed by atoms with Gasteiger partial charge in [-0.3, -0.25) is 0 Å². The van der Waals surface area contributed by atoms with Crippen molar-refractivity contribution in [3.8, 4) is 0 Å². The van der Waals surface area contributed by atoms with E-state index in [1.807, 2.05) is 0 Å². The lowest BCUT2D eigenvalue weighted by molar-refractivity contribution is 0.318. The van der Waals surface area contributed by atoms with Gasteiger partial charge in [0.05, 0.1) is 0 Å². The predicted octanol–water partition coefficient (Wildman–Crippen LogP) is 0.640. The smallest absolute Gasteiger partial charge is 0.170 e. The van der Waals surface area contributed by atoms with Crippen LogP contribution in [0.2, 0.25) is 0 Å². The van der Waals surface area contributed by atoms with Crippen molar-refractivity contribution < 1.29 is 9.60 Å². The van der Waals surface area contributed by atoms with Crippen molar-refractivity contribution >= 4 is 5.84 Å². The fraction of sp³-hybridized carbons (Fsp3) is 0.222. The minimum atomic E-state index is -0.411. The number of amidine groups is 1. The molecule has 0 saturated heterocycles. The van der Waals surface area contributed by atoms with E-state index in [2.05, 4.69) is 10.5 Å². The maximum atomic E-state index is 12.9. The molecule has 0 aliphatic carbocycles. The van der Waals surface area contributed by atoms with Crippen molar-refractivity contribution in [3.05, 3.63) is 35.1 Å². The maximum Gasteiger partial charge on any atom is 0.170 e. The van der Waals surface area contributed by atoms with E-state index >= 15 is 0 Å². The normalized spacial score (nSPS) is 11.7. The molecule has 14 heavy (non-hydrogen) atoms. The molecule has 0 unspecified atom stereocenters. The lowest BCUT2D eigenvalue weighted by Gasteiger charge is -2.07. The molecule has 0 bridgehead atoms. The molecule has 0 aliphatic rings. The zero-order valence-electron chi connectivity index (χ0n) is 7.79. The lowest BCUT2D eigenvalue weighted by Crippen LogP contribution is -2.18. The van der Waals surface area contributed by atoms with Gasteiger partial charge in [-0.25, -0.2) is 4.39 Å². The highest BCUT2D eigenvalue weighted by molar-refractivity contribution is 5.98. The average Bonchev–Trinajstić information content (AvgIpc) is 2.20. The monoisotopic (exact) mass is 197 g/mol. The summed E-state index contributed by atoms with van der Waals surface area (Å²) < 4.78 is 12.9. The molecule has 0 amide bonds. The summed E-state index contributed by atoms with van der Waals surface area (Å²) in [4.78, 5) is 0. The van der Waals surface area contributed by atoms with Gasteiger partial charge in [0.1, 0.15) is 5.82 Å². The second-order valence-corrected chi connectivity index (χ2v) is 2.82. The largest absolute Gasteiger partial charge is 0.409 e. The molecule has 1 aromatic carbocycles. The van der Waals surface area contributed by atoms with Gasteiger partial charge in [0.15, 0.2) is 5.84 Å². The molecule has 0 aliphatic heterocycles. The summed E-state index contributed by atoms with van der Waals surface area (Å²) in [5.41, 5.74) is 6.59. The molecule has 0 atom stereocenters. The zero-order chi connectivity index (χ0) is 10.6. The van der Waals surface area contributed by atoms with E-state index in [9.17, 15) is 4.39 Å². The molecule has 4 nitrogen and oxygen atoms in total. The van der Waals surface area contributed by atoms with Crippen LogP contribution in [-0.2, 0) is 6.54 Å². The molecule has 1 rings (SSSR count). The van der Waals surface area contributed by atoms with Crippen LogP contribution >= 0.6 is 0 Å². The molecule has 0 heterocycles. The Kier molecular flexibility index (Phi) is 3.41. The summed E-state index contributed by atoms with van der Waals surface area (Å²) in [6.07, 6.45) is 0. The molecule has 76 valence electrons. The fourth-order valence-corrected chi connectivity index (χ4v) is 1.19. The van der Waals surface area contributed by atoms with Crippen LogP contribution < -0.4 is 11.1 Å². The molecule has 0 spiro atoms. The summed E-state index contributed by atoms with van der Waals surface area (Å²) >= 11 is 0. The van der Waals surface area contributed by atoms with Gasteiger partial charge < -0.3 is 16.3 Å². The molecule has 1 aromatic rings. The molecule has 0 aromatic heterocycles. The minimum absolute atomic E-state index is 0.0882. The van der Waals surface area contributed by atoms with E-state index in [4.69, 9.17) is 10.9 Å². The van der Waals surface area contributed by atoms with Crippen LogP contribution in [0.3, 0.4) is 0 Å². The highest BCUT2D eigenvalue weighted by Gasteiger charge is 2.07. The Morgan fingerprint density at radius 1 is 1.64 bits per heavy atom. The first-order valence-corrected chi connectivity index (χ1v) is 4.10. The summed E-state index contributed by atoms with van der Waals surface area (Å²) in [6, 6.07) is 4.17. The number of hydrogen-bond donors (Lipinski definition) is 3. The topological polar surface area (TPSA) is 70.6 Å². The van der Waals surface area contributed by atoms with Crippen molar-refractivity contribution in [1.29, 1.82) is 0 Å². The molecule has 0 radical (unpaired) electrons. The van der Waals surface area contributed by atoms with Gasteiger partial charge >= 0.3 is 0 Å². The molecule has 0 fully saturated rings. The summed E-state index contributed by atoms with van der Waals surface area (Å²) in [5.74, 6) is -0.499. The van der Waals surface area contributed by atoms with Crippen LogP contribution in [0, 0.1) is 5.82 Å². The van der Waals surface area contributed by atoms with Crippen LogP contribution in [-0.4, -0.2) is 18.1 Å². The van der Waals surface area contributed by atoms with Crippen LogP contribution in [0.25, 0.3) is 0 Å². The first kappa shape index (κ1) is 10.5. The first-order valence-electron chi connectivity index (χ1n) is 4.10. The second-order valence-electron chi connectivity index (χ2n) is 2.82. The van der Waals surface area contributed by atoms with Crippen molar-refractivity contribution in [2.24, 2.45) is 10.9 Å². The summed E-state index contributed by atoms with van der Waals surface area (Å²) in [6.45, 7) is 0.534. The maximum absolute atomic E-state index is 12.9. The number of rotatable bonds is 3. The van der Waals surface area contributed by atoms with Crippen molar-refractivity contribution in [3.63, 3.8) is 0 Å². The van der Waals surface area contributed by atoms with Crippen LogP contribution in [0.4, 0.5) is 4.39 Å². The van der Waals surface area contributed by atoms with Crippen molar-refractivity contribution in [1.82, 2.24) is 5.32 Å². The Morgan fingerprint density at radius 2 is 2.36 bits per heavy atom. The van der Waals surface area contributed by atoms with Gasteiger partial charge in [-0.2, -0.15) is 0 Å². The second kappa shape index (κ2) is 4.57. The van der Waals surface area contributed by atoms with E-state index in [1.54, 1.807) is 13.1 Å². The number of nitrogens with zero attached hydrogens (tertiary/aromatic N) is 1. The lowest BCUT2D eigenvalue weighted by atomic mass is 10.1. The van der Waals surface area contributed by atoms with Crippen molar-refractivity contribution in [2.75, 3.05) is 7.05 Å². The van der Waals surface area contributed by atoms with Crippen LogP contribution in [0.15, 0.2) is 23.4 Å². The Morgan fingerprint density at radius 3 is 2.93 bits per heavy atom. The standard InChI is InChI=1S/C9H12FN3O/c1-12-5-6-2-3-7(10)4-8(6)9(11)13-14/h2-4,12,14H,5H2,1H3,(H2,11,13). The summed E-state index contributed by atoms with van der Waals surface area (Å²) in [5, 5.41) is 14.2. The van der Waals surface area contributed by atoms with E-state index in [1.165, 1.54) is 12.1 Å². The Labute approximate surface area is 81.2 Å². The van der Waals surface area contributed by atoms with Gasteiger partial charge in [-0.1, -0.05) is 11.2 Å². The summed E-state index contributed by atoms with van der Waals surface area (Å²) in [7, 11) is 1.76. The fourth-order valence-electron chi connectivity index (χ4n) is 1.19. The number of halogens is 1. The molecule has 5 heteroatoms. The first-order chi connectivity index (χ1) is 6.69. The SMILES string of the molecule is CNCc1ccc(F)cc1C(N)=NO. The van der Waals surface area contributed by atoms with Crippen LogP contribution in [0.5, 0.6) is 0 Å². The van der Waals surface area contributed by atoms with Crippen LogP contribution in [0.1, 0.15) is 11.1 Å². The number of oxime groups is 1. The quantitative estimate of drug-likeness (QED) is 0.288. The van der Waals surface area contributed by atoms with Crippen molar-refractivity contribution in [2.45, 2.75) is 6.54 Å². The third-order valence-electron chi connectivity index (χ3n) is 1.82. The number of benzene rings is 1. The number of nitrogens with one attached hydrogen (secondary N) is 1. The highest BCUT2D eigenvalue weighted by Crippen LogP contribution is 2.10. The van der Waals surface area contributed by atoms with Gasteiger partial charge in [0, 0.05) is 12.1 Å². The zero-order valence-corrected chi connectivity index (χ0v) is 7.79. The molecule has 0 saturated carbocycles. The highest BCUT2D eigenvalue weighted by atomic mass is 19.1. The van der Waals surface area contributed by atoms with E-state index < -0.39 is 5.82 Å². The van der Waals surface area contributed by atoms with E-state index in [0.29, 0.717) is 12.1 Å².